The molecule has 0 N–H and O–H groups in total. The van der Waals surface area contributed by atoms with Crippen LogP contribution >= 0.6 is 0 Å². The summed E-state index contributed by atoms with van der Waals surface area (Å²) in [6, 6.07) is 14.3. The number of halogens is 1. The molecule has 0 radical (unpaired) electrons. The number of Topliss-reactive ketones (excluding diaryl/α,β-unsaturated/α-hetero) is 1. The Balaban J connectivity index is 1.37. The number of methoxy groups -OCH3 is 1. The summed E-state index contributed by atoms with van der Waals surface area (Å²) in [5, 5.41) is 0.710. The number of amides is 1. The van der Waals surface area contributed by atoms with Crippen LogP contribution in [0.4, 0.5) is 4.39 Å². The third-order valence-corrected chi connectivity index (χ3v) is 9.28. The maximum Gasteiger partial charge on any atom is 0.374 e. The molecule has 2 aromatic carbocycles. The number of likely N-dealkylation sites (tertiary alicyclic amines) is 1. The minimum absolute atomic E-state index is 0.0133. The number of rotatable bonds is 9. The van der Waals surface area contributed by atoms with Crippen LogP contribution in [0.15, 0.2) is 52.9 Å². The molecule has 1 aliphatic heterocycles. The summed E-state index contributed by atoms with van der Waals surface area (Å²) in [7, 11) is 1.62. The zero-order chi connectivity index (χ0) is 31.6. The first-order valence-electron chi connectivity index (χ1n) is 15.8. The average Bonchev–Trinajstić information content (AvgIpc) is 3.64. The van der Waals surface area contributed by atoms with Crippen LogP contribution in [0.2, 0.25) is 0 Å². The van der Waals surface area contributed by atoms with Crippen molar-refractivity contribution in [3.8, 4) is 5.75 Å². The molecule has 236 valence electrons. The van der Waals surface area contributed by atoms with E-state index in [2.05, 4.69) is 0 Å². The number of carbonyl (C=O) groups is 3. The number of ether oxygens (including phenoxy) is 2. The van der Waals surface area contributed by atoms with Crippen molar-refractivity contribution in [3.63, 3.8) is 0 Å². The van der Waals surface area contributed by atoms with Crippen LogP contribution in [-0.4, -0.2) is 54.5 Å². The molecule has 0 bridgehead atoms. The van der Waals surface area contributed by atoms with Crippen LogP contribution < -0.4 is 4.74 Å². The highest BCUT2D eigenvalue weighted by molar-refractivity contribution is 5.95. The van der Waals surface area contributed by atoms with E-state index < -0.39 is 17.6 Å². The Kier molecular flexibility index (Phi) is 9.47. The lowest BCUT2D eigenvalue weighted by Gasteiger charge is -2.35. The van der Waals surface area contributed by atoms with Crippen molar-refractivity contribution < 1.29 is 32.7 Å². The second-order valence-corrected chi connectivity index (χ2v) is 13.5. The molecule has 2 heterocycles. The molecule has 44 heavy (non-hydrogen) atoms. The van der Waals surface area contributed by atoms with E-state index in [9.17, 15) is 18.8 Å². The largest absolute Gasteiger partial charge is 0.497 e. The zero-order valence-corrected chi connectivity index (χ0v) is 26.4. The fourth-order valence-corrected chi connectivity index (χ4v) is 6.87. The lowest BCUT2D eigenvalue weighted by molar-refractivity contribution is -0.142. The first-order valence-corrected chi connectivity index (χ1v) is 15.8. The fraction of sp³-hybridized carbons (Fsp3) is 0.528. The minimum Gasteiger partial charge on any atom is -0.497 e. The van der Waals surface area contributed by atoms with Crippen LogP contribution in [0, 0.1) is 17.8 Å². The van der Waals surface area contributed by atoms with E-state index >= 15 is 0 Å². The van der Waals surface area contributed by atoms with Gasteiger partial charge in [0, 0.05) is 30.2 Å². The van der Waals surface area contributed by atoms with Crippen molar-refractivity contribution in [1.29, 1.82) is 0 Å². The molecule has 2 aliphatic rings. The second-order valence-electron chi connectivity index (χ2n) is 13.5. The van der Waals surface area contributed by atoms with E-state index in [4.69, 9.17) is 13.9 Å². The van der Waals surface area contributed by atoms with Crippen molar-refractivity contribution >= 4 is 28.6 Å². The van der Waals surface area contributed by atoms with E-state index in [0.717, 1.165) is 42.6 Å². The van der Waals surface area contributed by atoms with Gasteiger partial charge >= 0.3 is 5.97 Å². The molecule has 2 fully saturated rings. The summed E-state index contributed by atoms with van der Waals surface area (Å²) in [6.07, 6.45) is 3.98. The number of nitrogens with zero attached hydrogens (tertiary/aromatic N) is 1. The van der Waals surface area contributed by atoms with Crippen molar-refractivity contribution in [2.24, 2.45) is 17.8 Å². The summed E-state index contributed by atoms with van der Waals surface area (Å²) in [5.41, 5.74) is 1.68. The molecule has 3 aromatic rings. The van der Waals surface area contributed by atoms with Gasteiger partial charge in [-0.25, -0.2) is 4.79 Å². The number of hydrogen-bond donors (Lipinski definition) is 0. The monoisotopic (exact) mass is 605 g/mol. The Bertz CT molecular complexity index is 1480. The predicted octanol–water partition coefficient (Wildman–Crippen LogP) is 7.31. The van der Waals surface area contributed by atoms with Gasteiger partial charge in [-0.3, -0.25) is 14.0 Å². The molecule has 3 atom stereocenters. The van der Waals surface area contributed by atoms with Crippen molar-refractivity contribution in [2.45, 2.75) is 83.8 Å². The molecule has 8 heteroatoms. The van der Waals surface area contributed by atoms with Crippen LogP contribution in [-0.2, 0) is 20.7 Å². The van der Waals surface area contributed by atoms with Crippen LogP contribution in [0.5, 0.6) is 5.75 Å². The van der Waals surface area contributed by atoms with Gasteiger partial charge in [-0.15, -0.1) is 0 Å². The number of hydrogen-bond acceptors (Lipinski definition) is 6. The molecular weight excluding hydrogens is 561 g/mol. The molecule has 1 amide bonds. The molecule has 1 aliphatic carbocycles. The highest BCUT2D eigenvalue weighted by atomic mass is 19.1. The molecule has 1 aromatic heterocycles. The summed E-state index contributed by atoms with van der Waals surface area (Å²) < 4.78 is 29.8. The Morgan fingerprint density at radius 2 is 1.70 bits per heavy atom. The lowest BCUT2D eigenvalue weighted by Crippen LogP contribution is -2.46. The number of carbonyl (C=O) groups excluding carboxylic acids is 3. The van der Waals surface area contributed by atoms with Gasteiger partial charge in [-0.05, 0) is 106 Å². The van der Waals surface area contributed by atoms with Crippen LogP contribution in [0.3, 0.4) is 0 Å². The maximum absolute atomic E-state index is 14.1. The van der Waals surface area contributed by atoms with Gasteiger partial charge in [0.25, 0.3) is 0 Å². The molecule has 1 saturated carbocycles. The van der Waals surface area contributed by atoms with Crippen LogP contribution in [0.25, 0.3) is 11.0 Å². The zero-order valence-electron chi connectivity index (χ0n) is 26.4. The molecular formula is C36H44FNO6. The number of ketones is 1. The van der Waals surface area contributed by atoms with Crippen molar-refractivity contribution in [2.75, 3.05) is 20.3 Å². The third kappa shape index (κ3) is 7.00. The maximum atomic E-state index is 14.1. The lowest BCUT2D eigenvalue weighted by atomic mass is 9.76. The van der Waals surface area contributed by atoms with Crippen molar-refractivity contribution in [1.82, 2.24) is 4.90 Å². The van der Waals surface area contributed by atoms with E-state index in [1.807, 2.05) is 48.2 Å². The molecule has 1 saturated heterocycles. The first kappa shape index (κ1) is 31.7. The number of benzene rings is 2. The number of esters is 1. The van der Waals surface area contributed by atoms with Gasteiger partial charge < -0.3 is 18.8 Å². The van der Waals surface area contributed by atoms with Crippen LogP contribution in [0.1, 0.15) is 87.4 Å². The van der Waals surface area contributed by atoms with Gasteiger partial charge in [0.15, 0.2) is 5.78 Å². The molecule has 0 spiro atoms. The Labute approximate surface area is 259 Å². The third-order valence-electron chi connectivity index (χ3n) is 9.28. The number of fused-ring (bicyclic) bond motifs is 1. The quantitative estimate of drug-likeness (QED) is 0.238. The van der Waals surface area contributed by atoms with E-state index in [1.54, 1.807) is 40.0 Å². The topological polar surface area (TPSA) is 86.0 Å². The Morgan fingerprint density at radius 3 is 2.34 bits per heavy atom. The highest BCUT2D eigenvalue weighted by Gasteiger charge is 2.44. The van der Waals surface area contributed by atoms with E-state index in [-0.39, 0.29) is 48.3 Å². The molecule has 1 unspecified atom stereocenters. The number of furan rings is 1. The Morgan fingerprint density at radius 1 is 1.00 bits per heavy atom. The van der Waals surface area contributed by atoms with Crippen molar-refractivity contribution in [3.05, 3.63) is 65.4 Å². The second kappa shape index (κ2) is 13.1. The first-order chi connectivity index (χ1) is 21.0. The predicted molar refractivity (Wildman–Crippen MR) is 167 cm³/mol. The van der Waals surface area contributed by atoms with Gasteiger partial charge in [-0.1, -0.05) is 25.1 Å². The number of alkyl halides is 1. The summed E-state index contributed by atoms with van der Waals surface area (Å²) in [6.45, 7) is 7.53. The minimum atomic E-state index is -0.648. The van der Waals surface area contributed by atoms with Gasteiger partial charge in [0.05, 0.1) is 19.8 Å². The van der Waals surface area contributed by atoms with E-state index in [0.29, 0.717) is 29.9 Å². The molecule has 7 nitrogen and oxygen atoms in total. The SMILES string of the molecule is COc1ccc([C@@H]2CCN(C(=O)C3CCC(C(C)CF)CC3)[C@@H]2C(=O)Cc2ccc3oc(C(=O)OC(C)(C)C)cc3c2)cc1. The normalized spacial score (nSPS) is 23.0. The molecule has 5 rings (SSSR count). The van der Waals surface area contributed by atoms with Gasteiger partial charge in [0.2, 0.25) is 11.7 Å². The Hall–Kier alpha value is -3.68. The smallest absolute Gasteiger partial charge is 0.374 e. The standard InChI is InChI=1S/C36H44FNO6/c1-22(21-37)24-7-9-26(10-8-24)34(40)38-17-16-29(25-11-13-28(42-5)14-12-25)33(38)30(39)19-23-6-15-31-27(18-23)20-32(43-31)35(41)44-36(2,3)4/h6,11-15,18,20,22,24,26,29,33H,7-10,16-17,19,21H2,1-5H3/t22?,24?,26?,29-,33-/m0/s1. The fourth-order valence-electron chi connectivity index (χ4n) is 6.87. The van der Waals surface area contributed by atoms with Gasteiger partial charge in [0.1, 0.15) is 16.9 Å². The summed E-state index contributed by atoms with van der Waals surface area (Å²) in [4.78, 5) is 42.5. The highest BCUT2D eigenvalue weighted by Crippen LogP contribution is 2.40. The summed E-state index contributed by atoms with van der Waals surface area (Å²) >= 11 is 0. The average molecular weight is 606 g/mol. The summed E-state index contributed by atoms with van der Waals surface area (Å²) in [5.74, 6) is 0.377. The van der Waals surface area contributed by atoms with Gasteiger partial charge in [-0.2, -0.15) is 0 Å². The van der Waals surface area contributed by atoms with E-state index in [1.165, 1.54) is 0 Å².